The highest BCUT2D eigenvalue weighted by atomic mass is 32.2. The third-order valence-corrected chi connectivity index (χ3v) is 7.45. The van der Waals surface area contributed by atoms with Gasteiger partial charge in [-0.1, -0.05) is 60.7 Å². The number of cyclic esters (lactones) is 1. The quantitative estimate of drug-likeness (QED) is 0.646. The van der Waals surface area contributed by atoms with Crippen LogP contribution in [0.3, 0.4) is 0 Å². The van der Waals surface area contributed by atoms with E-state index in [1.807, 2.05) is 55.5 Å². The molecule has 0 radical (unpaired) electrons. The van der Waals surface area contributed by atoms with Gasteiger partial charge >= 0.3 is 6.09 Å². The van der Waals surface area contributed by atoms with Crippen LogP contribution in [0.1, 0.15) is 37.0 Å². The van der Waals surface area contributed by atoms with Gasteiger partial charge < -0.3 is 9.64 Å². The second-order valence-electron chi connectivity index (χ2n) is 8.50. The Labute approximate surface area is 194 Å². The molecular formula is C25H28N2O5S. The SMILES string of the molecule is C[C@@H]1[C@H](c2ccccc2)OC(=O)N1C1CCN(C(=O)CS(=O)(=O)/C=C/c2ccccc2)CC1. The van der Waals surface area contributed by atoms with Crippen molar-refractivity contribution in [3.05, 3.63) is 77.2 Å². The van der Waals surface area contributed by atoms with E-state index in [0.717, 1.165) is 16.5 Å². The number of ether oxygens (including phenoxy) is 1. The lowest BCUT2D eigenvalue weighted by atomic mass is 9.98. The highest BCUT2D eigenvalue weighted by molar-refractivity contribution is 7.95. The summed E-state index contributed by atoms with van der Waals surface area (Å²) in [6, 6.07) is 18.6. The second kappa shape index (κ2) is 9.79. The molecule has 7 nitrogen and oxygen atoms in total. The zero-order valence-electron chi connectivity index (χ0n) is 18.5. The third-order valence-electron chi connectivity index (χ3n) is 6.25. The van der Waals surface area contributed by atoms with Gasteiger partial charge in [0, 0.05) is 24.5 Å². The van der Waals surface area contributed by atoms with Crippen molar-refractivity contribution in [2.75, 3.05) is 18.8 Å². The van der Waals surface area contributed by atoms with Crippen LogP contribution >= 0.6 is 0 Å². The first kappa shape index (κ1) is 23.0. The molecule has 0 saturated carbocycles. The molecule has 2 heterocycles. The van der Waals surface area contributed by atoms with Crippen molar-refractivity contribution in [2.24, 2.45) is 0 Å². The number of carbonyl (C=O) groups excluding carboxylic acids is 2. The summed E-state index contributed by atoms with van der Waals surface area (Å²) >= 11 is 0. The average molecular weight is 469 g/mol. The van der Waals surface area contributed by atoms with Gasteiger partial charge in [0.2, 0.25) is 5.91 Å². The molecule has 0 aliphatic carbocycles. The van der Waals surface area contributed by atoms with Gasteiger partial charge in [0.05, 0.1) is 6.04 Å². The molecule has 0 bridgehead atoms. The molecule has 33 heavy (non-hydrogen) atoms. The Balaban J connectivity index is 1.32. The van der Waals surface area contributed by atoms with Crippen molar-refractivity contribution in [1.29, 1.82) is 0 Å². The van der Waals surface area contributed by atoms with Gasteiger partial charge in [-0.3, -0.25) is 9.69 Å². The fraction of sp³-hybridized carbons (Fsp3) is 0.360. The van der Waals surface area contributed by atoms with Crippen LogP contribution in [0.4, 0.5) is 4.79 Å². The number of carbonyl (C=O) groups is 2. The lowest BCUT2D eigenvalue weighted by Gasteiger charge is -2.37. The fourth-order valence-electron chi connectivity index (χ4n) is 4.50. The maximum absolute atomic E-state index is 12.6. The lowest BCUT2D eigenvalue weighted by molar-refractivity contribution is -0.129. The van der Waals surface area contributed by atoms with Crippen LogP contribution < -0.4 is 0 Å². The van der Waals surface area contributed by atoms with E-state index < -0.39 is 21.5 Å². The smallest absolute Gasteiger partial charge is 0.411 e. The lowest BCUT2D eigenvalue weighted by Crippen LogP contribution is -2.50. The van der Waals surface area contributed by atoms with Gasteiger partial charge in [-0.2, -0.15) is 0 Å². The largest absolute Gasteiger partial charge is 0.439 e. The first-order valence-electron chi connectivity index (χ1n) is 11.1. The first-order valence-corrected chi connectivity index (χ1v) is 12.8. The average Bonchev–Trinajstić information content (AvgIpc) is 3.12. The molecule has 0 N–H and O–H groups in total. The summed E-state index contributed by atoms with van der Waals surface area (Å²) in [5, 5.41) is 1.10. The van der Waals surface area contributed by atoms with Crippen LogP contribution in [0.15, 0.2) is 66.1 Å². The van der Waals surface area contributed by atoms with Crippen molar-refractivity contribution < 1.29 is 22.7 Å². The van der Waals surface area contributed by atoms with E-state index in [9.17, 15) is 18.0 Å². The molecule has 2 amide bonds. The summed E-state index contributed by atoms with van der Waals surface area (Å²) in [6.07, 6.45) is 2.02. The fourth-order valence-corrected chi connectivity index (χ4v) is 5.49. The van der Waals surface area contributed by atoms with E-state index in [2.05, 4.69) is 0 Å². The number of nitrogens with zero attached hydrogens (tertiary/aromatic N) is 2. The maximum Gasteiger partial charge on any atom is 0.411 e. The summed E-state index contributed by atoms with van der Waals surface area (Å²) in [5.74, 6) is -0.968. The first-order chi connectivity index (χ1) is 15.8. The Morgan fingerprint density at radius 3 is 2.27 bits per heavy atom. The van der Waals surface area contributed by atoms with E-state index in [-0.39, 0.29) is 24.3 Å². The van der Waals surface area contributed by atoms with Crippen LogP contribution in [0.2, 0.25) is 0 Å². The van der Waals surface area contributed by atoms with Crippen LogP contribution in [0.25, 0.3) is 6.08 Å². The van der Waals surface area contributed by atoms with Crippen molar-refractivity contribution in [3.63, 3.8) is 0 Å². The van der Waals surface area contributed by atoms with E-state index in [0.29, 0.717) is 25.9 Å². The highest BCUT2D eigenvalue weighted by Gasteiger charge is 2.44. The topological polar surface area (TPSA) is 84.0 Å². The summed E-state index contributed by atoms with van der Waals surface area (Å²) in [5.41, 5.74) is 1.72. The van der Waals surface area contributed by atoms with Crippen molar-refractivity contribution in [3.8, 4) is 0 Å². The number of hydrogen-bond donors (Lipinski definition) is 0. The molecular weight excluding hydrogens is 440 g/mol. The Morgan fingerprint density at radius 1 is 1.03 bits per heavy atom. The zero-order valence-corrected chi connectivity index (χ0v) is 19.4. The van der Waals surface area contributed by atoms with Crippen LogP contribution in [0.5, 0.6) is 0 Å². The Bertz CT molecular complexity index is 1110. The van der Waals surface area contributed by atoms with Gasteiger partial charge in [-0.15, -0.1) is 0 Å². The van der Waals surface area contributed by atoms with E-state index in [1.54, 1.807) is 21.9 Å². The second-order valence-corrected chi connectivity index (χ2v) is 10.4. The number of rotatable bonds is 6. The Kier molecular flexibility index (Phi) is 6.83. The van der Waals surface area contributed by atoms with E-state index in [4.69, 9.17) is 4.74 Å². The molecule has 4 rings (SSSR count). The monoisotopic (exact) mass is 468 g/mol. The summed E-state index contributed by atoms with van der Waals surface area (Å²) in [7, 11) is -3.67. The zero-order chi connectivity index (χ0) is 23.4. The predicted octanol–water partition coefficient (Wildman–Crippen LogP) is 3.65. The van der Waals surface area contributed by atoms with Crippen LogP contribution in [0, 0.1) is 0 Å². The number of piperidine rings is 1. The van der Waals surface area contributed by atoms with Gasteiger partial charge in [0.25, 0.3) is 0 Å². The minimum absolute atomic E-state index is 0.0418. The molecule has 0 aromatic heterocycles. The standard InChI is InChI=1S/C25H28N2O5S/c1-19-24(21-10-6-3-7-11-21)32-25(29)27(19)22-12-15-26(16-13-22)23(28)18-33(30,31)17-14-20-8-4-2-5-9-20/h2-11,14,17,19,22,24H,12-13,15-16,18H2,1H3/b17-14+/t19-,24-/m1/s1. The predicted molar refractivity (Wildman–Crippen MR) is 126 cm³/mol. The molecule has 0 spiro atoms. The molecule has 2 fully saturated rings. The van der Waals surface area contributed by atoms with E-state index >= 15 is 0 Å². The molecule has 174 valence electrons. The van der Waals surface area contributed by atoms with Crippen molar-refractivity contribution >= 4 is 27.9 Å². The number of likely N-dealkylation sites (tertiary alicyclic amines) is 1. The number of amides is 2. The van der Waals surface area contributed by atoms with Crippen LogP contribution in [-0.4, -0.2) is 61.1 Å². The molecule has 2 atom stereocenters. The number of sulfone groups is 1. The molecule has 2 aliphatic rings. The molecule has 2 saturated heterocycles. The minimum atomic E-state index is -3.67. The maximum atomic E-state index is 12.6. The summed E-state index contributed by atoms with van der Waals surface area (Å²) in [6.45, 7) is 2.80. The molecule has 2 aliphatic heterocycles. The Hall–Kier alpha value is -3.13. The van der Waals surface area contributed by atoms with Crippen molar-refractivity contribution in [2.45, 2.75) is 38.0 Å². The van der Waals surface area contributed by atoms with Gasteiger partial charge in [-0.05, 0) is 37.0 Å². The number of benzene rings is 2. The molecule has 0 unspecified atom stereocenters. The van der Waals surface area contributed by atoms with Crippen molar-refractivity contribution in [1.82, 2.24) is 9.80 Å². The van der Waals surface area contributed by atoms with E-state index in [1.165, 1.54) is 6.08 Å². The number of hydrogen-bond acceptors (Lipinski definition) is 5. The normalized spacial score (nSPS) is 22.0. The van der Waals surface area contributed by atoms with Crippen LogP contribution in [-0.2, 0) is 19.4 Å². The molecule has 2 aromatic rings. The summed E-state index contributed by atoms with van der Waals surface area (Å²) < 4.78 is 30.4. The third kappa shape index (κ3) is 5.45. The molecule has 8 heteroatoms. The highest BCUT2D eigenvalue weighted by Crippen LogP contribution is 2.35. The van der Waals surface area contributed by atoms with Gasteiger partial charge in [-0.25, -0.2) is 13.2 Å². The van der Waals surface area contributed by atoms with Gasteiger partial charge in [0.15, 0.2) is 9.84 Å². The minimum Gasteiger partial charge on any atom is -0.439 e. The van der Waals surface area contributed by atoms with Gasteiger partial charge in [0.1, 0.15) is 11.9 Å². The molecule has 2 aromatic carbocycles. The Morgan fingerprint density at radius 2 is 1.64 bits per heavy atom. The summed E-state index contributed by atoms with van der Waals surface area (Å²) in [4.78, 5) is 28.6.